The van der Waals surface area contributed by atoms with Crippen LogP contribution in [0.4, 0.5) is 0 Å². The van der Waals surface area contributed by atoms with E-state index in [-0.39, 0.29) is 10.4 Å². The molecule has 0 unspecified atom stereocenters. The Morgan fingerprint density at radius 1 is 1.22 bits per heavy atom. The largest absolute Gasteiger partial charge is 0.476 e. The molecule has 18 heavy (non-hydrogen) atoms. The molecule has 0 bridgehead atoms. The van der Waals surface area contributed by atoms with Crippen molar-refractivity contribution < 1.29 is 9.90 Å². The second-order valence-electron chi connectivity index (χ2n) is 5.06. The van der Waals surface area contributed by atoms with Crippen LogP contribution >= 0.6 is 11.5 Å². The van der Waals surface area contributed by atoms with Crippen LogP contribution in [0.2, 0.25) is 0 Å². The third-order valence-electron chi connectivity index (χ3n) is 2.62. The first kappa shape index (κ1) is 12.7. The predicted octanol–water partition coefficient (Wildman–Crippen LogP) is 3.20. The molecule has 0 radical (unpaired) electrons. The summed E-state index contributed by atoms with van der Waals surface area (Å²) in [6.45, 7) is 6.43. The molecule has 1 heterocycles. The summed E-state index contributed by atoms with van der Waals surface area (Å²) < 4.78 is 4.05. The first-order valence-corrected chi connectivity index (χ1v) is 6.33. The third-order valence-corrected chi connectivity index (χ3v) is 3.32. The fourth-order valence-electron chi connectivity index (χ4n) is 1.55. The van der Waals surface area contributed by atoms with E-state index < -0.39 is 5.97 Å². The fourth-order valence-corrected chi connectivity index (χ4v) is 2.07. The maximum atomic E-state index is 10.7. The van der Waals surface area contributed by atoms with Crippen LogP contribution < -0.4 is 0 Å². The van der Waals surface area contributed by atoms with Gasteiger partial charge in [-0.2, -0.15) is 4.37 Å². The van der Waals surface area contributed by atoms with Crippen molar-refractivity contribution in [2.75, 3.05) is 0 Å². The van der Waals surface area contributed by atoms with Crippen LogP contribution in [0.3, 0.4) is 0 Å². The topological polar surface area (TPSA) is 63.1 Å². The fraction of sp³-hybridized carbons (Fsp3) is 0.308. The van der Waals surface area contributed by atoms with Crippen LogP contribution in [0.5, 0.6) is 0 Å². The summed E-state index contributed by atoms with van der Waals surface area (Å²) in [6.07, 6.45) is 0. The van der Waals surface area contributed by atoms with Gasteiger partial charge in [-0.3, -0.25) is 0 Å². The van der Waals surface area contributed by atoms with Crippen LogP contribution in [0, 0.1) is 0 Å². The number of hydrogen-bond acceptors (Lipinski definition) is 4. The summed E-state index contributed by atoms with van der Waals surface area (Å²) in [5.74, 6) is -0.567. The average molecular weight is 262 g/mol. The van der Waals surface area contributed by atoms with Gasteiger partial charge in [-0.15, -0.1) is 0 Å². The van der Waals surface area contributed by atoms with Crippen molar-refractivity contribution in [1.29, 1.82) is 0 Å². The Morgan fingerprint density at radius 3 is 2.28 bits per heavy atom. The van der Waals surface area contributed by atoms with Gasteiger partial charge >= 0.3 is 5.97 Å². The molecule has 0 aliphatic rings. The zero-order valence-electron chi connectivity index (χ0n) is 10.5. The van der Waals surface area contributed by atoms with E-state index in [4.69, 9.17) is 5.11 Å². The van der Waals surface area contributed by atoms with Crippen LogP contribution in [0.25, 0.3) is 11.4 Å². The number of rotatable bonds is 2. The van der Waals surface area contributed by atoms with Gasteiger partial charge in [0.15, 0.2) is 5.82 Å². The molecule has 2 aromatic rings. The Morgan fingerprint density at radius 2 is 1.83 bits per heavy atom. The Kier molecular flexibility index (Phi) is 3.17. The molecule has 94 valence electrons. The molecule has 5 heteroatoms. The lowest BCUT2D eigenvalue weighted by Gasteiger charge is -2.18. The average Bonchev–Trinajstić information content (AvgIpc) is 2.77. The number of hydrogen-bond donors (Lipinski definition) is 1. The van der Waals surface area contributed by atoms with Crippen LogP contribution in [-0.4, -0.2) is 20.4 Å². The highest BCUT2D eigenvalue weighted by Gasteiger charge is 2.15. The maximum Gasteiger partial charge on any atom is 0.366 e. The molecule has 1 aromatic heterocycles. The van der Waals surface area contributed by atoms with E-state index in [2.05, 4.69) is 30.1 Å². The molecular formula is C13H14N2O2S. The lowest BCUT2D eigenvalue weighted by atomic mass is 9.87. The zero-order valence-corrected chi connectivity index (χ0v) is 11.3. The van der Waals surface area contributed by atoms with E-state index in [0.29, 0.717) is 5.82 Å². The van der Waals surface area contributed by atoms with Gasteiger partial charge in [0.05, 0.1) is 0 Å². The minimum absolute atomic E-state index is 0.0184. The smallest absolute Gasteiger partial charge is 0.366 e. The first-order valence-electron chi connectivity index (χ1n) is 5.56. The first-order chi connectivity index (χ1) is 8.38. The molecule has 4 nitrogen and oxygen atoms in total. The molecule has 0 fully saturated rings. The summed E-state index contributed by atoms with van der Waals surface area (Å²) in [4.78, 5) is 14.7. The number of carbonyl (C=O) groups is 1. The monoisotopic (exact) mass is 262 g/mol. The Labute approximate surface area is 109 Å². The molecule has 0 aliphatic carbocycles. The van der Waals surface area contributed by atoms with Crippen molar-refractivity contribution in [3.8, 4) is 11.4 Å². The predicted molar refractivity (Wildman–Crippen MR) is 71.0 cm³/mol. The van der Waals surface area contributed by atoms with Crippen molar-refractivity contribution in [3.63, 3.8) is 0 Å². The molecule has 0 amide bonds. The normalized spacial score (nSPS) is 11.5. The van der Waals surface area contributed by atoms with Crippen LogP contribution in [0.1, 0.15) is 36.1 Å². The van der Waals surface area contributed by atoms with Gasteiger partial charge in [-0.1, -0.05) is 45.0 Å². The van der Waals surface area contributed by atoms with Gasteiger partial charge in [-0.25, -0.2) is 9.78 Å². The summed E-state index contributed by atoms with van der Waals surface area (Å²) in [7, 11) is 0. The highest BCUT2D eigenvalue weighted by Crippen LogP contribution is 2.25. The Bertz CT molecular complexity index is 567. The molecule has 1 N–H and O–H groups in total. The van der Waals surface area contributed by atoms with E-state index in [1.165, 1.54) is 5.56 Å². The van der Waals surface area contributed by atoms with Crippen molar-refractivity contribution in [1.82, 2.24) is 9.36 Å². The molecular weight excluding hydrogens is 248 g/mol. The zero-order chi connectivity index (χ0) is 13.3. The highest BCUT2D eigenvalue weighted by molar-refractivity contribution is 7.07. The molecule has 0 aliphatic heterocycles. The Balaban J connectivity index is 2.31. The standard InChI is InChI=1S/C13H14N2O2S/c1-13(2,3)9-6-4-8(5-7-9)10-14-11(12(16)17)18-15-10/h4-7H,1-3H3,(H,16,17). The number of nitrogens with zero attached hydrogens (tertiary/aromatic N) is 2. The van der Waals surface area contributed by atoms with Crippen molar-refractivity contribution in [3.05, 3.63) is 34.8 Å². The van der Waals surface area contributed by atoms with Crippen molar-refractivity contribution >= 4 is 17.5 Å². The highest BCUT2D eigenvalue weighted by atomic mass is 32.1. The lowest BCUT2D eigenvalue weighted by molar-refractivity contribution is 0.0696. The second kappa shape index (κ2) is 4.49. The minimum atomic E-state index is -1.04. The van der Waals surface area contributed by atoms with E-state index >= 15 is 0 Å². The minimum Gasteiger partial charge on any atom is -0.476 e. The molecule has 2 rings (SSSR count). The molecule has 0 saturated carbocycles. The van der Waals surface area contributed by atoms with E-state index in [0.717, 1.165) is 17.1 Å². The number of benzene rings is 1. The van der Waals surface area contributed by atoms with E-state index in [1.807, 2.05) is 24.3 Å². The van der Waals surface area contributed by atoms with Crippen molar-refractivity contribution in [2.45, 2.75) is 26.2 Å². The molecule has 1 aromatic carbocycles. The van der Waals surface area contributed by atoms with Gasteiger partial charge in [0.1, 0.15) is 0 Å². The summed E-state index contributed by atoms with van der Waals surface area (Å²) >= 11 is 0.902. The number of carboxylic acids is 1. The SMILES string of the molecule is CC(C)(C)c1ccc(-c2nsc(C(=O)O)n2)cc1. The van der Waals surface area contributed by atoms with Gasteiger partial charge in [0.25, 0.3) is 0 Å². The quantitative estimate of drug-likeness (QED) is 0.902. The molecule has 0 spiro atoms. The lowest BCUT2D eigenvalue weighted by Crippen LogP contribution is -2.10. The number of aromatic carboxylic acids is 1. The number of aromatic nitrogens is 2. The van der Waals surface area contributed by atoms with Gasteiger partial charge in [-0.05, 0) is 22.5 Å². The molecule has 0 saturated heterocycles. The second-order valence-corrected chi connectivity index (χ2v) is 5.81. The van der Waals surface area contributed by atoms with E-state index in [9.17, 15) is 4.79 Å². The molecule has 0 atom stereocenters. The maximum absolute atomic E-state index is 10.7. The summed E-state index contributed by atoms with van der Waals surface area (Å²) in [5.41, 5.74) is 2.16. The summed E-state index contributed by atoms with van der Waals surface area (Å²) in [6, 6.07) is 7.90. The number of carboxylic acid groups (broad SMARTS) is 1. The van der Waals surface area contributed by atoms with E-state index in [1.54, 1.807) is 0 Å². The van der Waals surface area contributed by atoms with Crippen molar-refractivity contribution in [2.24, 2.45) is 0 Å². The van der Waals surface area contributed by atoms with Gasteiger partial charge in [0.2, 0.25) is 5.01 Å². The third kappa shape index (κ3) is 2.56. The van der Waals surface area contributed by atoms with Crippen LogP contribution in [0.15, 0.2) is 24.3 Å². The Hall–Kier alpha value is -1.75. The van der Waals surface area contributed by atoms with Crippen LogP contribution in [-0.2, 0) is 5.41 Å². The van der Waals surface area contributed by atoms with Gasteiger partial charge < -0.3 is 5.11 Å². The summed E-state index contributed by atoms with van der Waals surface area (Å²) in [5, 5.41) is 8.82. The van der Waals surface area contributed by atoms with Gasteiger partial charge in [0, 0.05) is 5.56 Å².